The minimum atomic E-state index is -0.00437. The van der Waals surface area contributed by atoms with Crippen LogP contribution in [0.4, 0.5) is 0 Å². The molecule has 7 nitrogen and oxygen atoms in total. The van der Waals surface area contributed by atoms with Gasteiger partial charge in [0, 0.05) is 19.0 Å². The molecular formula is C13H17N5O2. The van der Waals surface area contributed by atoms with E-state index >= 15 is 0 Å². The van der Waals surface area contributed by atoms with E-state index in [4.69, 9.17) is 9.63 Å². The van der Waals surface area contributed by atoms with Crippen molar-refractivity contribution >= 4 is 0 Å². The molecule has 2 aliphatic rings. The van der Waals surface area contributed by atoms with Crippen molar-refractivity contribution in [2.75, 3.05) is 6.54 Å². The number of rotatable bonds is 4. The highest BCUT2D eigenvalue weighted by Gasteiger charge is 2.30. The van der Waals surface area contributed by atoms with Gasteiger partial charge in [-0.1, -0.05) is 5.16 Å². The summed E-state index contributed by atoms with van der Waals surface area (Å²) in [5, 5.41) is 17.5. The van der Waals surface area contributed by atoms with Crippen LogP contribution in [0.1, 0.15) is 41.9 Å². The van der Waals surface area contributed by atoms with Gasteiger partial charge in [0.25, 0.3) is 0 Å². The summed E-state index contributed by atoms with van der Waals surface area (Å²) in [4.78, 5) is 6.74. The van der Waals surface area contributed by atoms with Crippen molar-refractivity contribution in [2.24, 2.45) is 0 Å². The molecule has 20 heavy (non-hydrogen) atoms. The van der Waals surface area contributed by atoms with Gasteiger partial charge in [-0.05, 0) is 18.9 Å². The Hall–Kier alpha value is -1.73. The second-order valence-electron chi connectivity index (χ2n) is 5.54. The smallest absolute Gasteiger partial charge is 0.229 e. The molecule has 2 aromatic heterocycles. The van der Waals surface area contributed by atoms with Gasteiger partial charge in [-0.2, -0.15) is 10.1 Å². The van der Waals surface area contributed by atoms with Crippen molar-refractivity contribution in [3.05, 3.63) is 29.2 Å². The molecule has 1 N–H and O–H groups in total. The first-order chi connectivity index (χ1) is 9.81. The largest absolute Gasteiger partial charge is 0.390 e. The van der Waals surface area contributed by atoms with E-state index in [9.17, 15) is 0 Å². The van der Waals surface area contributed by atoms with Crippen LogP contribution in [0.3, 0.4) is 0 Å². The molecule has 106 valence electrons. The average Bonchev–Trinajstić information content (AvgIpc) is 3.07. The first-order valence-electron chi connectivity index (χ1n) is 7.03. The summed E-state index contributed by atoms with van der Waals surface area (Å²) in [5.41, 5.74) is 1.86. The molecule has 0 spiro atoms. The van der Waals surface area contributed by atoms with E-state index < -0.39 is 0 Å². The predicted molar refractivity (Wildman–Crippen MR) is 68.5 cm³/mol. The zero-order chi connectivity index (χ0) is 13.5. The topological polar surface area (TPSA) is 80.2 Å². The lowest BCUT2D eigenvalue weighted by atomic mass is 10.3. The van der Waals surface area contributed by atoms with Gasteiger partial charge in [-0.25, -0.2) is 0 Å². The van der Waals surface area contributed by atoms with Gasteiger partial charge >= 0.3 is 0 Å². The van der Waals surface area contributed by atoms with Crippen molar-refractivity contribution < 1.29 is 9.63 Å². The van der Waals surface area contributed by atoms with Gasteiger partial charge < -0.3 is 9.63 Å². The number of nitrogens with zero attached hydrogens (tertiary/aromatic N) is 5. The second kappa shape index (κ2) is 4.68. The Bertz CT molecular complexity index is 616. The quantitative estimate of drug-likeness (QED) is 0.882. The van der Waals surface area contributed by atoms with Gasteiger partial charge in [-0.3, -0.25) is 9.58 Å². The van der Waals surface area contributed by atoms with Crippen molar-refractivity contribution in [1.29, 1.82) is 0 Å². The van der Waals surface area contributed by atoms with E-state index in [1.165, 1.54) is 12.8 Å². The molecule has 1 saturated carbocycles. The fourth-order valence-electron chi connectivity index (χ4n) is 2.62. The molecule has 3 heterocycles. The fourth-order valence-corrected chi connectivity index (χ4v) is 2.62. The fraction of sp³-hybridized carbons (Fsp3) is 0.615. The Labute approximate surface area is 116 Å². The third-order valence-corrected chi connectivity index (χ3v) is 3.86. The zero-order valence-corrected chi connectivity index (χ0v) is 11.2. The molecule has 0 bridgehead atoms. The lowest BCUT2D eigenvalue weighted by Gasteiger charge is -2.26. The molecule has 1 aliphatic heterocycles. The maximum atomic E-state index is 9.13. The van der Waals surface area contributed by atoms with Crippen LogP contribution < -0.4 is 0 Å². The number of aromatic nitrogens is 4. The Morgan fingerprint density at radius 1 is 1.35 bits per heavy atom. The van der Waals surface area contributed by atoms with Crippen LogP contribution in [0.15, 0.2) is 10.6 Å². The maximum Gasteiger partial charge on any atom is 0.229 e. The molecule has 4 rings (SSSR count). The number of aliphatic hydroxyl groups excluding tert-OH is 1. The normalized spacial score (nSPS) is 19.2. The Morgan fingerprint density at radius 3 is 3.05 bits per heavy atom. The standard InChI is InChI=1S/C13H17N5O2/c19-8-10-5-11-6-17(3-4-18(11)15-10)7-12-14-13(20-16-12)9-1-2-9/h5,9,19H,1-4,6-8H2. The average molecular weight is 275 g/mol. The lowest BCUT2D eigenvalue weighted by molar-refractivity contribution is 0.197. The molecule has 0 amide bonds. The molecule has 1 aliphatic carbocycles. The summed E-state index contributed by atoms with van der Waals surface area (Å²) in [7, 11) is 0. The molecule has 0 radical (unpaired) electrons. The minimum absolute atomic E-state index is 0.00437. The number of hydrogen-bond donors (Lipinski definition) is 1. The van der Waals surface area contributed by atoms with Crippen molar-refractivity contribution in [3.8, 4) is 0 Å². The van der Waals surface area contributed by atoms with E-state index in [0.29, 0.717) is 12.5 Å². The maximum absolute atomic E-state index is 9.13. The third-order valence-electron chi connectivity index (χ3n) is 3.86. The highest BCUT2D eigenvalue weighted by Crippen LogP contribution is 2.38. The molecular weight excluding hydrogens is 258 g/mol. The number of fused-ring (bicyclic) bond motifs is 1. The second-order valence-corrected chi connectivity index (χ2v) is 5.54. The summed E-state index contributed by atoms with van der Waals surface area (Å²) in [6.45, 7) is 3.25. The Balaban J connectivity index is 1.44. The van der Waals surface area contributed by atoms with E-state index in [0.717, 1.165) is 42.7 Å². The highest BCUT2D eigenvalue weighted by atomic mass is 16.5. The molecule has 0 unspecified atom stereocenters. The van der Waals surface area contributed by atoms with Gasteiger partial charge in [0.05, 0.1) is 31.1 Å². The van der Waals surface area contributed by atoms with Crippen LogP contribution in [0, 0.1) is 0 Å². The number of aliphatic hydroxyl groups is 1. The summed E-state index contributed by atoms with van der Waals surface area (Å²) in [6.07, 6.45) is 2.35. The van der Waals surface area contributed by atoms with Crippen LogP contribution in [-0.4, -0.2) is 36.5 Å². The van der Waals surface area contributed by atoms with Gasteiger partial charge in [-0.15, -0.1) is 0 Å². The summed E-state index contributed by atoms with van der Waals surface area (Å²) in [6, 6.07) is 1.96. The Kier molecular flexibility index (Phi) is 2.82. The van der Waals surface area contributed by atoms with Crippen LogP contribution in [0.25, 0.3) is 0 Å². The molecule has 1 fully saturated rings. The van der Waals surface area contributed by atoms with E-state index in [1.54, 1.807) is 0 Å². The SMILES string of the molecule is OCc1cc2n(n1)CCN(Cc1noc(C3CC3)n1)C2. The van der Waals surface area contributed by atoms with Crippen LogP contribution >= 0.6 is 0 Å². The van der Waals surface area contributed by atoms with Crippen molar-refractivity contribution in [3.63, 3.8) is 0 Å². The summed E-state index contributed by atoms with van der Waals surface area (Å²) >= 11 is 0. The zero-order valence-electron chi connectivity index (χ0n) is 11.2. The third kappa shape index (κ3) is 2.23. The van der Waals surface area contributed by atoms with Gasteiger partial charge in [0.2, 0.25) is 5.89 Å². The Morgan fingerprint density at radius 2 is 2.25 bits per heavy atom. The van der Waals surface area contributed by atoms with E-state index in [2.05, 4.69) is 20.1 Å². The first-order valence-corrected chi connectivity index (χ1v) is 7.03. The monoisotopic (exact) mass is 275 g/mol. The first kappa shape index (κ1) is 12.0. The highest BCUT2D eigenvalue weighted by molar-refractivity contribution is 5.11. The van der Waals surface area contributed by atoms with Crippen LogP contribution in [-0.2, 0) is 26.2 Å². The predicted octanol–water partition coefficient (Wildman–Crippen LogP) is 0.652. The molecule has 7 heteroatoms. The summed E-state index contributed by atoms with van der Waals surface area (Å²) in [5.74, 6) is 2.07. The number of hydrogen-bond acceptors (Lipinski definition) is 6. The van der Waals surface area contributed by atoms with E-state index in [1.807, 2.05) is 10.7 Å². The van der Waals surface area contributed by atoms with Crippen LogP contribution in [0.2, 0.25) is 0 Å². The minimum Gasteiger partial charge on any atom is -0.390 e. The van der Waals surface area contributed by atoms with Crippen molar-refractivity contribution in [1.82, 2.24) is 24.8 Å². The van der Waals surface area contributed by atoms with Crippen LogP contribution in [0.5, 0.6) is 0 Å². The molecule has 0 saturated heterocycles. The molecule has 0 atom stereocenters. The lowest BCUT2D eigenvalue weighted by Crippen LogP contribution is -2.33. The molecule has 2 aromatic rings. The van der Waals surface area contributed by atoms with E-state index in [-0.39, 0.29) is 6.61 Å². The summed E-state index contributed by atoms with van der Waals surface area (Å²) < 4.78 is 7.25. The van der Waals surface area contributed by atoms with Gasteiger partial charge in [0.1, 0.15) is 0 Å². The van der Waals surface area contributed by atoms with Crippen molar-refractivity contribution in [2.45, 2.75) is 45.0 Å². The van der Waals surface area contributed by atoms with Gasteiger partial charge in [0.15, 0.2) is 5.82 Å². The molecule has 0 aromatic carbocycles.